The molecule has 0 unspecified atom stereocenters. The normalized spacial score (nSPS) is 10.9. The smallest absolute Gasteiger partial charge is 0.249 e. The van der Waals surface area contributed by atoms with Crippen molar-refractivity contribution in [2.45, 2.75) is 6.92 Å². The molecular formula is C21H19ClN2O3S. The molecule has 2 aromatic carbocycles. The zero-order valence-corrected chi connectivity index (χ0v) is 17.2. The first-order valence-corrected chi connectivity index (χ1v) is 9.64. The van der Waals surface area contributed by atoms with Crippen molar-refractivity contribution in [3.05, 3.63) is 64.8 Å². The number of nitrogens with zero attached hydrogens (tertiary/aromatic N) is 1. The van der Waals surface area contributed by atoms with Gasteiger partial charge in [-0.25, -0.2) is 4.98 Å². The second-order valence-electron chi connectivity index (χ2n) is 5.87. The second kappa shape index (κ2) is 8.91. The van der Waals surface area contributed by atoms with Gasteiger partial charge in [0, 0.05) is 11.1 Å². The summed E-state index contributed by atoms with van der Waals surface area (Å²) >= 11 is 7.41. The number of benzene rings is 2. The highest BCUT2D eigenvalue weighted by molar-refractivity contribution is 7.19. The van der Waals surface area contributed by atoms with Crippen molar-refractivity contribution in [1.82, 2.24) is 4.98 Å². The summed E-state index contributed by atoms with van der Waals surface area (Å²) in [6.45, 7) is 1.85. The van der Waals surface area contributed by atoms with Crippen LogP contribution >= 0.6 is 22.9 Å². The third-order valence-corrected chi connectivity index (χ3v) is 5.31. The Bertz CT molecular complexity index is 1010. The second-order valence-corrected chi connectivity index (χ2v) is 7.31. The van der Waals surface area contributed by atoms with E-state index in [1.54, 1.807) is 32.4 Å². The van der Waals surface area contributed by atoms with E-state index >= 15 is 0 Å². The summed E-state index contributed by atoms with van der Waals surface area (Å²) in [4.78, 5) is 16.8. The molecule has 0 aliphatic carbocycles. The predicted octanol–water partition coefficient (Wildman–Crippen LogP) is 5.44. The number of carbonyl (C=O) groups excluding carboxylic acids is 1. The van der Waals surface area contributed by atoms with Crippen molar-refractivity contribution in [2.75, 3.05) is 19.5 Å². The number of thiazole rings is 1. The molecule has 0 radical (unpaired) electrons. The van der Waals surface area contributed by atoms with Gasteiger partial charge in [0.1, 0.15) is 21.5 Å². The Morgan fingerprint density at radius 3 is 2.57 bits per heavy atom. The number of methoxy groups -OCH3 is 2. The predicted molar refractivity (Wildman–Crippen MR) is 115 cm³/mol. The third-order valence-electron chi connectivity index (χ3n) is 3.97. The molecule has 28 heavy (non-hydrogen) atoms. The van der Waals surface area contributed by atoms with Crippen molar-refractivity contribution in [3.63, 3.8) is 0 Å². The molecule has 1 N–H and O–H groups in total. The van der Waals surface area contributed by atoms with Crippen LogP contribution in [0, 0.1) is 6.92 Å². The van der Waals surface area contributed by atoms with Crippen molar-refractivity contribution in [3.8, 4) is 22.1 Å². The molecule has 0 saturated carbocycles. The van der Waals surface area contributed by atoms with Crippen LogP contribution in [0.1, 0.15) is 11.3 Å². The zero-order valence-electron chi connectivity index (χ0n) is 15.7. The van der Waals surface area contributed by atoms with E-state index in [9.17, 15) is 4.79 Å². The number of nitrogens with one attached hydrogen (secondary N) is 1. The van der Waals surface area contributed by atoms with Gasteiger partial charge < -0.3 is 14.8 Å². The highest BCUT2D eigenvalue weighted by atomic mass is 35.5. The maximum absolute atomic E-state index is 12.3. The van der Waals surface area contributed by atoms with Crippen LogP contribution in [0.15, 0.2) is 48.5 Å². The highest BCUT2D eigenvalue weighted by Crippen LogP contribution is 2.38. The van der Waals surface area contributed by atoms with E-state index in [4.69, 9.17) is 21.1 Å². The zero-order chi connectivity index (χ0) is 20.1. The molecule has 1 heterocycles. The molecule has 0 atom stereocenters. The minimum Gasteiger partial charge on any atom is -0.497 e. The first-order chi connectivity index (χ1) is 13.5. The molecule has 0 aliphatic heterocycles. The number of hydrogen-bond donors (Lipinski definition) is 1. The number of amides is 1. The molecule has 7 heteroatoms. The van der Waals surface area contributed by atoms with E-state index < -0.39 is 0 Å². The Morgan fingerprint density at radius 2 is 1.89 bits per heavy atom. The molecule has 3 aromatic rings. The van der Waals surface area contributed by atoms with Gasteiger partial charge in [0.15, 0.2) is 0 Å². The fraction of sp³-hybridized carbons (Fsp3) is 0.143. The van der Waals surface area contributed by atoms with Crippen LogP contribution in [-0.4, -0.2) is 25.1 Å². The molecule has 5 nitrogen and oxygen atoms in total. The maximum Gasteiger partial charge on any atom is 0.249 e. The molecule has 0 aliphatic rings. The summed E-state index contributed by atoms with van der Waals surface area (Å²) in [5.74, 6) is 1.18. The first kappa shape index (κ1) is 19.9. The summed E-state index contributed by atoms with van der Waals surface area (Å²) in [6.07, 6.45) is 3.23. The van der Waals surface area contributed by atoms with Crippen LogP contribution in [0.4, 0.5) is 5.00 Å². The van der Waals surface area contributed by atoms with Gasteiger partial charge in [-0.15, -0.1) is 0 Å². The average Bonchev–Trinajstić information content (AvgIpc) is 3.06. The van der Waals surface area contributed by atoms with E-state index in [2.05, 4.69) is 10.3 Å². The lowest BCUT2D eigenvalue weighted by molar-refractivity contribution is -0.111. The lowest BCUT2D eigenvalue weighted by Gasteiger charge is -2.05. The summed E-state index contributed by atoms with van der Waals surface area (Å²) in [5, 5.41) is 4.91. The van der Waals surface area contributed by atoms with E-state index in [-0.39, 0.29) is 5.91 Å². The van der Waals surface area contributed by atoms with Crippen LogP contribution in [0.3, 0.4) is 0 Å². The summed E-state index contributed by atoms with van der Waals surface area (Å²) < 4.78 is 10.5. The molecule has 0 saturated heterocycles. The largest absolute Gasteiger partial charge is 0.497 e. The van der Waals surface area contributed by atoms with Crippen LogP contribution in [0.2, 0.25) is 5.02 Å². The Kier molecular flexibility index (Phi) is 6.34. The van der Waals surface area contributed by atoms with Gasteiger partial charge in [-0.3, -0.25) is 4.79 Å². The first-order valence-electron chi connectivity index (χ1n) is 8.44. The SMILES string of the molecule is COc1ccc(/C=C/C(=O)Nc2sc(-c3ccc(Cl)cc3OC)nc2C)cc1. The molecule has 144 valence electrons. The number of halogens is 1. The maximum atomic E-state index is 12.3. The molecule has 0 spiro atoms. The van der Waals surface area contributed by atoms with E-state index in [1.807, 2.05) is 37.3 Å². The number of anilines is 1. The van der Waals surface area contributed by atoms with Gasteiger partial charge in [-0.2, -0.15) is 0 Å². The molecule has 0 fully saturated rings. The summed E-state index contributed by atoms with van der Waals surface area (Å²) in [5.41, 5.74) is 2.47. The Balaban J connectivity index is 1.74. The van der Waals surface area contributed by atoms with Gasteiger partial charge in [-0.1, -0.05) is 35.1 Å². The molecule has 1 aromatic heterocycles. The number of aryl methyl sites for hydroxylation is 1. The van der Waals surface area contributed by atoms with Crippen LogP contribution in [-0.2, 0) is 4.79 Å². The number of ether oxygens (including phenoxy) is 2. The van der Waals surface area contributed by atoms with Gasteiger partial charge >= 0.3 is 0 Å². The Hall–Kier alpha value is -2.83. The van der Waals surface area contributed by atoms with Gasteiger partial charge in [0.2, 0.25) is 5.91 Å². The fourth-order valence-electron chi connectivity index (χ4n) is 2.51. The van der Waals surface area contributed by atoms with Crippen molar-refractivity contribution >= 4 is 39.9 Å². The van der Waals surface area contributed by atoms with Gasteiger partial charge in [0.25, 0.3) is 0 Å². The third kappa shape index (κ3) is 4.71. The van der Waals surface area contributed by atoms with Crippen LogP contribution in [0.5, 0.6) is 11.5 Å². The Morgan fingerprint density at radius 1 is 1.14 bits per heavy atom. The highest BCUT2D eigenvalue weighted by Gasteiger charge is 2.14. The molecule has 3 rings (SSSR count). The monoisotopic (exact) mass is 414 g/mol. The fourth-order valence-corrected chi connectivity index (χ4v) is 3.67. The number of carbonyl (C=O) groups is 1. The summed E-state index contributed by atoms with van der Waals surface area (Å²) in [7, 11) is 3.20. The Labute approximate surface area is 172 Å². The van der Waals surface area contributed by atoms with E-state index in [0.29, 0.717) is 15.8 Å². The number of hydrogen-bond acceptors (Lipinski definition) is 5. The van der Waals surface area contributed by atoms with E-state index in [0.717, 1.165) is 27.6 Å². The lowest BCUT2D eigenvalue weighted by atomic mass is 10.2. The minimum absolute atomic E-state index is 0.225. The average molecular weight is 415 g/mol. The van der Waals surface area contributed by atoms with E-state index in [1.165, 1.54) is 17.4 Å². The van der Waals surface area contributed by atoms with Crippen molar-refractivity contribution in [2.24, 2.45) is 0 Å². The topological polar surface area (TPSA) is 60.5 Å². The minimum atomic E-state index is -0.225. The standard InChI is InChI=1S/C21H19ClN2O3S/c1-13-20(24-19(25)11-6-14-4-8-16(26-2)9-5-14)28-21(23-13)17-10-7-15(22)12-18(17)27-3/h4-12H,1-3H3,(H,24,25)/b11-6+. The molecule has 0 bridgehead atoms. The van der Waals surface area contributed by atoms with Gasteiger partial charge in [-0.05, 0) is 48.9 Å². The van der Waals surface area contributed by atoms with Crippen molar-refractivity contribution in [1.29, 1.82) is 0 Å². The molecule has 1 amide bonds. The number of aromatic nitrogens is 1. The van der Waals surface area contributed by atoms with Crippen LogP contribution < -0.4 is 14.8 Å². The lowest BCUT2D eigenvalue weighted by Crippen LogP contribution is -2.07. The van der Waals surface area contributed by atoms with Crippen molar-refractivity contribution < 1.29 is 14.3 Å². The summed E-state index contributed by atoms with van der Waals surface area (Å²) in [6, 6.07) is 12.8. The number of rotatable bonds is 6. The molecular weight excluding hydrogens is 396 g/mol. The van der Waals surface area contributed by atoms with Crippen LogP contribution in [0.25, 0.3) is 16.6 Å². The quantitative estimate of drug-likeness (QED) is 0.545. The van der Waals surface area contributed by atoms with Gasteiger partial charge in [0.05, 0.1) is 25.5 Å².